The van der Waals surface area contributed by atoms with E-state index in [1.54, 1.807) is 16.9 Å². The first-order valence-electron chi connectivity index (χ1n) is 7.51. The molecule has 0 N–H and O–H groups in total. The van der Waals surface area contributed by atoms with Crippen molar-refractivity contribution in [3.63, 3.8) is 0 Å². The van der Waals surface area contributed by atoms with Gasteiger partial charge in [0.05, 0.1) is 5.69 Å². The molecule has 1 aromatic heterocycles. The van der Waals surface area contributed by atoms with Crippen molar-refractivity contribution in [1.29, 1.82) is 5.26 Å². The lowest BCUT2D eigenvalue weighted by molar-refractivity contribution is 0.609. The molecule has 0 radical (unpaired) electrons. The zero-order chi connectivity index (χ0) is 17.9. The summed E-state index contributed by atoms with van der Waals surface area (Å²) < 4.78 is 25.2. The van der Waals surface area contributed by atoms with Crippen LogP contribution in [0.5, 0.6) is 0 Å². The molecule has 2 aromatic carbocycles. The Balaban J connectivity index is 2.22. The second-order valence-electron chi connectivity index (χ2n) is 5.47. The van der Waals surface area contributed by atoms with E-state index < -0.39 is 9.84 Å². The molecule has 3 aromatic rings. The molecule has 0 saturated carbocycles. The lowest BCUT2D eigenvalue weighted by atomic mass is 10.1. The third-order valence-corrected chi connectivity index (χ3v) is 4.61. The molecule has 6 heteroatoms. The number of nitriles is 1. The van der Waals surface area contributed by atoms with E-state index in [1.807, 2.05) is 60.7 Å². The van der Waals surface area contributed by atoms with Gasteiger partial charge in [-0.1, -0.05) is 48.5 Å². The number of hydrogen-bond donors (Lipinski definition) is 0. The minimum Gasteiger partial charge on any atom is -0.240 e. The van der Waals surface area contributed by atoms with Gasteiger partial charge in [0.25, 0.3) is 0 Å². The normalized spacial score (nSPS) is 11.9. The van der Waals surface area contributed by atoms with Gasteiger partial charge in [-0.2, -0.15) is 10.4 Å². The largest absolute Gasteiger partial charge is 0.240 e. The lowest BCUT2D eigenvalue weighted by Gasteiger charge is -2.00. The van der Waals surface area contributed by atoms with E-state index >= 15 is 0 Å². The third kappa shape index (κ3) is 3.67. The molecule has 0 spiro atoms. The molecule has 0 fully saturated rings. The van der Waals surface area contributed by atoms with E-state index in [2.05, 4.69) is 5.10 Å². The summed E-state index contributed by atoms with van der Waals surface area (Å²) in [6, 6.07) is 20.7. The van der Waals surface area contributed by atoms with Crippen molar-refractivity contribution >= 4 is 15.9 Å². The fourth-order valence-corrected chi connectivity index (χ4v) is 2.90. The fraction of sp³-hybridized carbons (Fsp3) is 0.0526. The SMILES string of the molecule is CS(=O)(=O)C(C#N)=Cc1cn(-c2ccccc2)nc1-c1ccccc1. The first-order chi connectivity index (χ1) is 12.0. The Labute approximate surface area is 146 Å². The topological polar surface area (TPSA) is 75.8 Å². The summed E-state index contributed by atoms with van der Waals surface area (Å²) in [6.45, 7) is 0. The van der Waals surface area contributed by atoms with Gasteiger partial charge < -0.3 is 0 Å². The summed E-state index contributed by atoms with van der Waals surface area (Å²) in [4.78, 5) is -0.294. The fourth-order valence-electron chi connectivity index (χ4n) is 2.39. The van der Waals surface area contributed by atoms with E-state index in [0.717, 1.165) is 17.5 Å². The molecule has 3 rings (SSSR count). The van der Waals surface area contributed by atoms with Crippen LogP contribution < -0.4 is 0 Å². The number of allylic oxidation sites excluding steroid dienone is 1. The van der Waals surface area contributed by atoms with Gasteiger partial charge in [0.1, 0.15) is 16.7 Å². The summed E-state index contributed by atoms with van der Waals surface area (Å²) in [6.07, 6.45) is 4.11. The van der Waals surface area contributed by atoms with Gasteiger partial charge in [-0.3, -0.25) is 0 Å². The highest BCUT2D eigenvalue weighted by Crippen LogP contribution is 2.26. The van der Waals surface area contributed by atoms with Crippen LogP contribution in [0.1, 0.15) is 5.56 Å². The molecule has 0 unspecified atom stereocenters. The van der Waals surface area contributed by atoms with Crippen LogP contribution in [0.3, 0.4) is 0 Å². The monoisotopic (exact) mass is 349 g/mol. The Morgan fingerprint density at radius 3 is 2.24 bits per heavy atom. The van der Waals surface area contributed by atoms with Crippen molar-refractivity contribution in [2.24, 2.45) is 0 Å². The van der Waals surface area contributed by atoms with Gasteiger partial charge in [-0.25, -0.2) is 13.1 Å². The van der Waals surface area contributed by atoms with Gasteiger partial charge in [-0.15, -0.1) is 0 Å². The Hall–Kier alpha value is -3.17. The van der Waals surface area contributed by atoms with Crippen LogP contribution in [-0.2, 0) is 9.84 Å². The van der Waals surface area contributed by atoms with Gasteiger partial charge in [0.2, 0.25) is 0 Å². The highest BCUT2D eigenvalue weighted by molar-refractivity contribution is 7.95. The quantitative estimate of drug-likeness (QED) is 0.676. The van der Waals surface area contributed by atoms with Crippen LogP contribution in [0.4, 0.5) is 0 Å². The summed E-state index contributed by atoms with van der Waals surface area (Å²) in [5.41, 5.74) is 2.87. The Morgan fingerprint density at radius 2 is 1.68 bits per heavy atom. The second-order valence-corrected chi connectivity index (χ2v) is 7.46. The molecule has 5 nitrogen and oxygen atoms in total. The zero-order valence-electron chi connectivity index (χ0n) is 13.5. The van der Waals surface area contributed by atoms with Gasteiger partial charge in [-0.05, 0) is 18.2 Å². The molecule has 1 heterocycles. The number of hydrogen-bond acceptors (Lipinski definition) is 4. The molecule has 0 saturated heterocycles. The average molecular weight is 349 g/mol. The van der Waals surface area contributed by atoms with E-state index in [-0.39, 0.29) is 4.91 Å². The molecule has 0 aliphatic rings. The smallest absolute Gasteiger partial charge is 0.185 e. The highest BCUT2D eigenvalue weighted by atomic mass is 32.2. The van der Waals surface area contributed by atoms with Crippen molar-refractivity contribution in [2.45, 2.75) is 0 Å². The molecule has 124 valence electrons. The van der Waals surface area contributed by atoms with E-state index in [0.29, 0.717) is 11.3 Å². The summed E-state index contributed by atoms with van der Waals surface area (Å²) >= 11 is 0. The molecular formula is C19H15N3O2S. The summed E-state index contributed by atoms with van der Waals surface area (Å²) in [5, 5.41) is 13.8. The number of benzene rings is 2. The highest BCUT2D eigenvalue weighted by Gasteiger charge is 2.15. The third-order valence-electron chi connectivity index (χ3n) is 3.61. The van der Waals surface area contributed by atoms with Crippen LogP contribution >= 0.6 is 0 Å². The van der Waals surface area contributed by atoms with Crippen LogP contribution in [0.15, 0.2) is 71.8 Å². The maximum Gasteiger partial charge on any atom is 0.185 e. The van der Waals surface area contributed by atoms with Crippen molar-refractivity contribution in [3.05, 3.63) is 77.3 Å². The second kappa shape index (κ2) is 6.75. The van der Waals surface area contributed by atoms with Gasteiger partial charge in [0.15, 0.2) is 9.84 Å². The van der Waals surface area contributed by atoms with Crippen molar-refractivity contribution < 1.29 is 8.42 Å². The molecule has 25 heavy (non-hydrogen) atoms. The minimum absolute atomic E-state index is 0.294. The van der Waals surface area contributed by atoms with E-state index in [1.165, 1.54) is 6.08 Å². The summed E-state index contributed by atoms with van der Waals surface area (Å²) in [7, 11) is -3.60. The van der Waals surface area contributed by atoms with Crippen molar-refractivity contribution in [1.82, 2.24) is 9.78 Å². The van der Waals surface area contributed by atoms with Crippen LogP contribution in [-0.4, -0.2) is 24.5 Å². The van der Waals surface area contributed by atoms with Crippen LogP contribution in [0.25, 0.3) is 23.0 Å². The zero-order valence-corrected chi connectivity index (χ0v) is 14.3. The van der Waals surface area contributed by atoms with Crippen molar-refractivity contribution in [3.8, 4) is 23.0 Å². The predicted molar refractivity (Wildman–Crippen MR) is 97.4 cm³/mol. The standard InChI is InChI=1S/C19H15N3O2S/c1-25(23,24)18(13-20)12-16-14-22(17-10-6-3-7-11-17)21-19(16)15-8-4-2-5-9-15/h2-12,14H,1H3. The van der Waals surface area contributed by atoms with Crippen LogP contribution in [0.2, 0.25) is 0 Å². The lowest BCUT2D eigenvalue weighted by Crippen LogP contribution is -1.98. The first-order valence-corrected chi connectivity index (χ1v) is 9.40. The molecule has 0 bridgehead atoms. The average Bonchev–Trinajstić information content (AvgIpc) is 3.04. The Morgan fingerprint density at radius 1 is 1.08 bits per heavy atom. The Kier molecular flexibility index (Phi) is 4.50. The molecule has 0 aliphatic heterocycles. The molecular weight excluding hydrogens is 334 g/mol. The van der Waals surface area contributed by atoms with E-state index in [9.17, 15) is 13.7 Å². The maximum atomic E-state index is 11.8. The first kappa shape index (κ1) is 16.7. The number of para-hydroxylation sites is 1. The molecule has 0 atom stereocenters. The number of nitrogens with zero attached hydrogens (tertiary/aromatic N) is 3. The Bertz CT molecular complexity index is 1060. The molecule has 0 amide bonds. The van der Waals surface area contributed by atoms with Gasteiger partial charge in [0, 0.05) is 23.6 Å². The molecule has 0 aliphatic carbocycles. The van der Waals surface area contributed by atoms with Crippen molar-refractivity contribution in [2.75, 3.05) is 6.26 Å². The predicted octanol–water partition coefficient (Wildman–Crippen LogP) is 3.45. The van der Waals surface area contributed by atoms with Gasteiger partial charge >= 0.3 is 0 Å². The van der Waals surface area contributed by atoms with E-state index in [4.69, 9.17) is 0 Å². The number of rotatable bonds is 4. The maximum absolute atomic E-state index is 11.8. The number of sulfone groups is 1. The number of aromatic nitrogens is 2. The summed E-state index contributed by atoms with van der Waals surface area (Å²) in [5.74, 6) is 0. The van der Waals surface area contributed by atoms with Crippen LogP contribution in [0, 0.1) is 11.3 Å². The minimum atomic E-state index is -3.60.